The van der Waals surface area contributed by atoms with Gasteiger partial charge in [-0.25, -0.2) is 4.68 Å². The average Bonchev–Trinajstić information content (AvgIpc) is 3.07. The van der Waals surface area contributed by atoms with Crippen LogP contribution in [-0.2, 0) is 4.79 Å². The summed E-state index contributed by atoms with van der Waals surface area (Å²) < 4.78 is 1.57. The van der Waals surface area contributed by atoms with Gasteiger partial charge in [-0.05, 0) is 24.3 Å². The summed E-state index contributed by atoms with van der Waals surface area (Å²) in [6, 6.07) is 12.8. The van der Waals surface area contributed by atoms with E-state index in [0.29, 0.717) is 16.8 Å². The Balaban J connectivity index is 2.12. The summed E-state index contributed by atoms with van der Waals surface area (Å²) in [5.74, 6) is -1.00. The summed E-state index contributed by atoms with van der Waals surface area (Å²) in [5.41, 5.74) is 7.31. The zero-order valence-corrected chi connectivity index (χ0v) is 12.6. The maximum absolute atomic E-state index is 11.2. The molecule has 0 aliphatic rings. The van der Waals surface area contributed by atoms with Crippen molar-refractivity contribution in [2.75, 3.05) is 0 Å². The van der Waals surface area contributed by atoms with Gasteiger partial charge in [0.25, 0.3) is 0 Å². The molecule has 2 heterocycles. The van der Waals surface area contributed by atoms with Gasteiger partial charge in [-0.15, -0.1) is 0 Å². The smallest absolute Gasteiger partial charge is 0.249 e. The van der Waals surface area contributed by atoms with Crippen LogP contribution in [0.25, 0.3) is 16.9 Å². The van der Waals surface area contributed by atoms with Crippen molar-refractivity contribution in [3.63, 3.8) is 0 Å². The maximum Gasteiger partial charge on any atom is 0.249 e. The summed E-state index contributed by atoms with van der Waals surface area (Å²) in [5, 5.41) is 24.6. The zero-order valence-electron chi connectivity index (χ0n) is 12.6. The van der Waals surface area contributed by atoms with Crippen molar-refractivity contribution < 1.29 is 15.0 Å². The number of aliphatic hydroxyl groups is 2. The minimum atomic E-state index is -1.72. The third kappa shape index (κ3) is 3.03. The van der Waals surface area contributed by atoms with Gasteiger partial charge in [-0.2, -0.15) is 5.10 Å². The maximum atomic E-state index is 11.2. The van der Waals surface area contributed by atoms with Crippen LogP contribution in [0.2, 0.25) is 0 Å². The predicted molar refractivity (Wildman–Crippen MR) is 87.0 cm³/mol. The number of nitrogens with two attached hydrogens (primary N) is 1. The van der Waals surface area contributed by atoms with E-state index in [1.165, 1.54) is 0 Å². The van der Waals surface area contributed by atoms with Crippen LogP contribution >= 0.6 is 0 Å². The van der Waals surface area contributed by atoms with E-state index in [0.717, 1.165) is 5.69 Å². The first-order valence-corrected chi connectivity index (χ1v) is 7.29. The van der Waals surface area contributed by atoms with Gasteiger partial charge in [0, 0.05) is 29.7 Å². The number of rotatable bonds is 5. The minimum absolute atomic E-state index is 0.302. The van der Waals surface area contributed by atoms with E-state index in [4.69, 9.17) is 5.73 Å². The zero-order chi connectivity index (χ0) is 17.1. The molecule has 122 valence electrons. The van der Waals surface area contributed by atoms with Crippen molar-refractivity contribution in [1.29, 1.82) is 0 Å². The molecule has 0 radical (unpaired) electrons. The molecule has 24 heavy (non-hydrogen) atoms. The highest BCUT2D eigenvalue weighted by atomic mass is 16.3. The third-order valence-corrected chi connectivity index (χ3v) is 3.63. The van der Waals surface area contributed by atoms with E-state index < -0.39 is 18.1 Å². The van der Waals surface area contributed by atoms with Gasteiger partial charge in [0.2, 0.25) is 5.91 Å². The second-order valence-electron chi connectivity index (χ2n) is 5.24. The Morgan fingerprint density at radius 1 is 1.08 bits per heavy atom. The molecule has 0 bridgehead atoms. The molecule has 1 amide bonds. The highest BCUT2D eigenvalue weighted by Crippen LogP contribution is 2.29. The number of amides is 1. The minimum Gasteiger partial charge on any atom is -0.385 e. The quantitative estimate of drug-likeness (QED) is 0.642. The van der Waals surface area contributed by atoms with Crippen LogP contribution in [0.15, 0.2) is 61.1 Å². The standard InChI is InChI=1S/C17H16N4O3/c18-17(24)16(23)15(22)13-10-21(12-4-2-1-3-5-12)20-14(13)11-6-8-19-9-7-11/h1-10,15-16,22-23H,(H2,18,24). The number of para-hydroxylation sites is 1. The lowest BCUT2D eigenvalue weighted by Gasteiger charge is -2.14. The van der Waals surface area contributed by atoms with Crippen molar-refractivity contribution >= 4 is 5.91 Å². The van der Waals surface area contributed by atoms with Crippen LogP contribution < -0.4 is 5.73 Å². The number of aromatic nitrogens is 3. The lowest BCUT2D eigenvalue weighted by molar-refractivity contribution is -0.131. The highest BCUT2D eigenvalue weighted by Gasteiger charge is 2.28. The summed E-state index contributed by atoms with van der Waals surface area (Å²) in [4.78, 5) is 15.2. The van der Waals surface area contributed by atoms with Gasteiger partial charge >= 0.3 is 0 Å². The topological polar surface area (TPSA) is 114 Å². The lowest BCUT2D eigenvalue weighted by Crippen LogP contribution is -2.33. The van der Waals surface area contributed by atoms with Crippen LogP contribution in [0.1, 0.15) is 11.7 Å². The Labute approximate surface area is 138 Å². The number of aliphatic hydroxyl groups excluding tert-OH is 2. The summed E-state index contributed by atoms with van der Waals surface area (Å²) in [6.45, 7) is 0. The van der Waals surface area contributed by atoms with Gasteiger partial charge in [0.15, 0.2) is 6.10 Å². The molecule has 0 saturated carbocycles. The molecule has 1 aromatic carbocycles. The molecule has 7 heteroatoms. The first kappa shape index (κ1) is 15.9. The molecule has 0 saturated heterocycles. The molecule has 3 aromatic rings. The molecule has 3 rings (SSSR count). The SMILES string of the molecule is NC(=O)C(O)C(O)c1cn(-c2ccccc2)nc1-c1ccncc1. The molecule has 2 unspecified atom stereocenters. The van der Waals surface area contributed by atoms with Crippen LogP contribution in [-0.4, -0.2) is 37.0 Å². The molecule has 7 nitrogen and oxygen atoms in total. The lowest BCUT2D eigenvalue weighted by atomic mass is 10.0. The first-order chi connectivity index (χ1) is 11.6. The second-order valence-corrected chi connectivity index (χ2v) is 5.24. The number of benzene rings is 1. The Hall–Kier alpha value is -3.03. The normalized spacial score (nSPS) is 13.4. The van der Waals surface area contributed by atoms with Crippen LogP contribution in [0.4, 0.5) is 0 Å². The van der Waals surface area contributed by atoms with Gasteiger partial charge in [-0.3, -0.25) is 9.78 Å². The van der Waals surface area contributed by atoms with E-state index in [2.05, 4.69) is 10.1 Å². The number of carbonyl (C=O) groups is 1. The molecule has 4 N–H and O–H groups in total. The van der Waals surface area contributed by atoms with E-state index >= 15 is 0 Å². The molecule has 0 aliphatic carbocycles. The van der Waals surface area contributed by atoms with Gasteiger partial charge in [0.05, 0.1) is 11.4 Å². The summed E-state index contributed by atoms with van der Waals surface area (Å²) in [7, 11) is 0. The summed E-state index contributed by atoms with van der Waals surface area (Å²) in [6.07, 6.45) is 1.55. The fourth-order valence-corrected chi connectivity index (χ4v) is 2.38. The Bertz CT molecular complexity index is 834. The number of hydrogen-bond donors (Lipinski definition) is 3. The number of hydrogen-bond acceptors (Lipinski definition) is 5. The van der Waals surface area contributed by atoms with Gasteiger partial charge in [-0.1, -0.05) is 18.2 Å². The van der Waals surface area contributed by atoms with Crippen molar-refractivity contribution in [2.45, 2.75) is 12.2 Å². The second kappa shape index (κ2) is 6.61. The fraction of sp³-hybridized carbons (Fsp3) is 0.118. The molecule has 2 aromatic heterocycles. The van der Waals surface area contributed by atoms with E-state index in [9.17, 15) is 15.0 Å². The number of nitrogens with zero attached hydrogens (tertiary/aromatic N) is 3. The average molecular weight is 324 g/mol. The van der Waals surface area contributed by atoms with Gasteiger partial charge in [0.1, 0.15) is 6.10 Å². The Morgan fingerprint density at radius 3 is 2.38 bits per heavy atom. The van der Waals surface area contributed by atoms with Crippen molar-refractivity contribution in [3.8, 4) is 16.9 Å². The van der Waals surface area contributed by atoms with Crippen LogP contribution in [0.3, 0.4) is 0 Å². The van der Waals surface area contributed by atoms with E-state index in [1.807, 2.05) is 30.3 Å². The van der Waals surface area contributed by atoms with Crippen LogP contribution in [0, 0.1) is 0 Å². The number of primary amides is 1. The van der Waals surface area contributed by atoms with Crippen molar-refractivity contribution in [1.82, 2.24) is 14.8 Å². The number of pyridine rings is 1. The van der Waals surface area contributed by atoms with Crippen LogP contribution in [0.5, 0.6) is 0 Å². The molecular formula is C17H16N4O3. The molecule has 0 fully saturated rings. The number of carbonyl (C=O) groups excluding carboxylic acids is 1. The molecule has 2 atom stereocenters. The van der Waals surface area contributed by atoms with Gasteiger partial charge < -0.3 is 15.9 Å². The third-order valence-electron chi connectivity index (χ3n) is 3.63. The highest BCUT2D eigenvalue weighted by molar-refractivity contribution is 5.80. The first-order valence-electron chi connectivity index (χ1n) is 7.29. The summed E-state index contributed by atoms with van der Waals surface area (Å²) >= 11 is 0. The molecule has 0 aliphatic heterocycles. The fourth-order valence-electron chi connectivity index (χ4n) is 2.38. The van der Waals surface area contributed by atoms with E-state index in [-0.39, 0.29) is 0 Å². The largest absolute Gasteiger partial charge is 0.385 e. The predicted octanol–water partition coefficient (Wildman–Crippen LogP) is 0.814. The molecule has 0 spiro atoms. The Morgan fingerprint density at radius 2 is 1.75 bits per heavy atom. The molecular weight excluding hydrogens is 308 g/mol. The van der Waals surface area contributed by atoms with E-state index in [1.54, 1.807) is 35.4 Å². The Kier molecular flexibility index (Phi) is 4.37. The van der Waals surface area contributed by atoms with Crippen molar-refractivity contribution in [3.05, 3.63) is 66.6 Å². The monoisotopic (exact) mass is 324 g/mol. The van der Waals surface area contributed by atoms with Crippen molar-refractivity contribution in [2.24, 2.45) is 5.73 Å².